The fourth-order valence-electron chi connectivity index (χ4n) is 1.47. The highest BCUT2D eigenvalue weighted by Crippen LogP contribution is 2.18. The van der Waals surface area contributed by atoms with Crippen molar-refractivity contribution >= 4 is 42.0 Å². The third kappa shape index (κ3) is 3.39. The standard InChI is InChI=1S/C13H12N2O.2ClH/c14-11-7-6-10(8-12(11)15)13(16)9-4-2-1-3-5-9;;/h1-8H,14-15H2;2*1H. The first-order valence-electron chi connectivity index (χ1n) is 4.93. The molecule has 0 amide bonds. The molecule has 0 saturated carbocycles. The van der Waals surface area contributed by atoms with E-state index in [0.29, 0.717) is 22.5 Å². The van der Waals surface area contributed by atoms with Crippen LogP contribution in [0.3, 0.4) is 0 Å². The second kappa shape index (κ2) is 6.89. The van der Waals surface area contributed by atoms with E-state index in [-0.39, 0.29) is 30.6 Å². The number of benzene rings is 2. The maximum absolute atomic E-state index is 12.0. The van der Waals surface area contributed by atoms with Crippen molar-refractivity contribution in [3.05, 3.63) is 59.7 Å². The predicted octanol–water partition coefficient (Wildman–Crippen LogP) is 2.93. The lowest BCUT2D eigenvalue weighted by molar-refractivity contribution is 0.103. The van der Waals surface area contributed by atoms with Crippen molar-refractivity contribution in [3.8, 4) is 0 Å². The first-order chi connectivity index (χ1) is 7.68. The third-order valence-electron chi connectivity index (χ3n) is 2.38. The molecule has 0 bridgehead atoms. The Labute approximate surface area is 118 Å². The molecule has 4 N–H and O–H groups in total. The fraction of sp³-hybridized carbons (Fsp3) is 0. The van der Waals surface area contributed by atoms with Crippen molar-refractivity contribution in [2.75, 3.05) is 11.5 Å². The topological polar surface area (TPSA) is 69.1 Å². The second-order valence-corrected chi connectivity index (χ2v) is 3.54. The number of hydrogen-bond acceptors (Lipinski definition) is 3. The minimum atomic E-state index is -0.0488. The predicted molar refractivity (Wildman–Crippen MR) is 79.6 cm³/mol. The third-order valence-corrected chi connectivity index (χ3v) is 2.38. The molecule has 0 atom stereocenters. The molecule has 18 heavy (non-hydrogen) atoms. The van der Waals surface area contributed by atoms with E-state index in [2.05, 4.69) is 0 Å². The molecule has 0 unspecified atom stereocenters. The van der Waals surface area contributed by atoms with Crippen LogP contribution in [0.4, 0.5) is 11.4 Å². The normalized spacial score (nSPS) is 8.89. The zero-order chi connectivity index (χ0) is 11.5. The number of rotatable bonds is 2. The lowest BCUT2D eigenvalue weighted by Crippen LogP contribution is -2.03. The highest BCUT2D eigenvalue weighted by atomic mass is 35.5. The van der Waals surface area contributed by atoms with Crippen molar-refractivity contribution in [1.82, 2.24) is 0 Å². The molecule has 0 aliphatic rings. The van der Waals surface area contributed by atoms with Crippen molar-refractivity contribution in [2.45, 2.75) is 0 Å². The molecule has 3 nitrogen and oxygen atoms in total. The number of nitrogen functional groups attached to an aromatic ring is 2. The zero-order valence-electron chi connectivity index (χ0n) is 9.50. The zero-order valence-corrected chi connectivity index (χ0v) is 11.1. The van der Waals surface area contributed by atoms with Crippen LogP contribution in [0, 0.1) is 0 Å². The van der Waals surface area contributed by atoms with E-state index < -0.39 is 0 Å². The van der Waals surface area contributed by atoms with Crippen molar-refractivity contribution in [3.63, 3.8) is 0 Å². The first kappa shape index (κ1) is 16.3. The van der Waals surface area contributed by atoms with Gasteiger partial charge in [-0.05, 0) is 18.2 Å². The van der Waals surface area contributed by atoms with E-state index in [9.17, 15) is 4.79 Å². The number of halogens is 2. The Morgan fingerprint density at radius 1 is 0.778 bits per heavy atom. The van der Waals surface area contributed by atoms with E-state index in [0.717, 1.165) is 0 Å². The number of ketones is 1. The van der Waals surface area contributed by atoms with Crippen LogP contribution in [0.15, 0.2) is 48.5 Å². The van der Waals surface area contributed by atoms with Crippen LogP contribution >= 0.6 is 24.8 Å². The lowest BCUT2D eigenvalue weighted by Gasteiger charge is -2.04. The number of hydrogen-bond donors (Lipinski definition) is 2. The summed E-state index contributed by atoms with van der Waals surface area (Å²) in [4.78, 5) is 12.0. The average Bonchev–Trinajstić information content (AvgIpc) is 2.33. The Morgan fingerprint density at radius 3 is 1.94 bits per heavy atom. The maximum atomic E-state index is 12.0. The SMILES string of the molecule is Cl.Cl.Nc1ccc(C(=O)c2ccccc2)cc1N. The van der Waals surface area contributed by atoms with E-state index in [1.807, 2.05) is 18.2 Å². The summed E-state index contributed by atoms with van der Waals surface area (Å²) in [5.41, 5.74) is 13.4. The molecule has 0 saturated heterocycles. The summed E-state index contributed by atoms with van der Waals surface area (Å²) in [7, 11) is 0. The molecule has 0 fully saturated rings. The van der Waals surface area contributed by atoms with Crippen molar-refractivity contribution < 1.29 is 4.79 Å². The van der Waals surface area contributed by atoms with Crippen LogP contribution in [0.1, 0.15) is 15.9 Å². The van der Waals surface area contributed by atoms with Gasteiger partial charge < -0.3 is 11.5 Å². The summed E-state index contributed by atoms with van der Waals surface area (Å²) >= 11 is 0. The number of anilines is 2. The molecule has 2 rings (SSSR count). The minimum Gasteiger partial charge on any atom is -0.397 e. The molecular weight excluding hydrogens is 271 g/mol. The molecule has 0 heterocycles. The summed E-state index contributed by atoms with van der Waals surface area (Å²) in [6.07, 6.45) is 0. The molecule has 2 aromatic carbocycles. The smallest absolute Gasteiger partial charge is 0.193 e. The van der Waals surface area contributed by atoms with Gasteiger partial charge in [-0.15, -0.1) is 24.8 Å². The van der Waals surface area contributed by atoms with Gasteiger partial charge in [-0.25, -0.2) is 0 Å². The van der Waals surface area contributed by atoms with Gasteiger partial charge in [0.2, 0.25) is 0 Å². The van der Waals surface area contributed by atoms with E-state index in [1.54, 1.807) is 30.3 Å². The molecule has 0 aromatic heterocycles. The first-order valence-corrected chi connectivity index (χ1v) is 4.93. The summed E-state index contributed by atoms with van der Waals surface area (Å²) in [5.74, 6) is -0.0488. The molecule has 5 heteroatoms. The highest BCUT2D eigenvalue weighted by Gasteiger charge is 2.09. The van der Waals surface area contributed by atoms with Gasteiger partial charge in [-0.3, -0.25) is 4.79 Å². The van der Waals surface area contributed by atoms with Crippen LogP contribution in [0.2, 0.25) is 0 Å². The van der Waals surface area contributed by atoms with Crippen molar-refractivity contribution in [2.24, 2.45) is 0 Å². The summed E-state index contributed by atoms with van der Waals surface area (Å²) in [6, 6.07) is 14.0. The van der Waals surface area contributed by atoms with E-state index in [4.69, 9.17) is 11.5 Å². The Morgan fingerprint density at radius 2 is 1.39 bits per heavy atom. The molecule has 0 aliphatic heterocycles. The average molecular weight is 285 g/mol. The minimum absolute atomic E-state index is 0. The van der Waals surface area contributed by atoms with Gasteiger partial charge in [0.25, 0.3) is 0 Å². The maximum Gasteiger partial charge on any atom is 0.193 e. The molecule has 0 aliphatic carbocycles. The highest BCUT2D eigenvalue weighted by molar-refractivity contribution is 6.09. The molecule has 0 radical (unpaired) electrons. The van der Waals surface area contributed by atoms with Gasteiger partial charge in [0, 0.05) is 11.1 Å². The summed E-state index contributed by atoms with van der Waals surface area (Å²) in [5, 5.41) is 0. The molecule has 0 spiro atoms. The largest absolute Gasteiger partial charge is 0.397 e. The van der Waals surface area contributed by atoms with Crippen LogP contribution < -0.4 is 11.5 Å². The second-order valence-electron chi connectivity index (χ2n) is 3.54. The number of carbonyl (C=O) groups excluding carboxylic acids is 1. The van der Waals surface area contributed by atoms with Gasteiger partial charge in [-0.1, -0.05) is 30.3 Å². The Kier molecular flexibility index (Phi) is 6.23. The fourth-order valence-corrected chi connectivity index (χ4v) is 1.47. The lowest BCUT2D eigenvalue weighted by atomic mass is 10.0. The Balaban J connectivity index is 0.00000144. The number of carbonyl (C=O) groups is 1. The molecule has 2 aromatic rings. The van der Waals surface area contributed by atoms with Gasteiger partial charge in [-0.2, -0.15) is 0 Å². The van der Waals surface area contributed by atoms with Gasteiger partial charge in [0.15, 0.2) is 5.78 Å². The van der Waals surface area contributed by atoms with Crippen LogP contribution in [-0.2, 0) is 0 Å². The van der Waals surface area contributed by atoms with Crippen molar-refractivity contribution in [1.29, 1.82) is 0 Å². The van der Waals surface area contributed by atoms with Gasteiger partial charge >= 0.3 is 0 Å². The van der Waals surface area contributed by atoms with Crippen LogP contribution in [0.25, 0.3) is 0 Å². The monoisotopic (exact) mass is 284 g/mol. The molecular formula is C13H14Cl2N2O. The summed E-state index contributed by atoms with van der Waals surface area (Å²) in [6.45, 7) is 0. The number of nitrogens with two attached hydrogens (primary N) is 2. The Bertz CT molecular complexity index is 530. The van der Waals surface area contributed by atoms with Gasteiger partial charge in [0.05, 0.1) is 11.4 Å². The molecule has 96 valence electrons. The summed E-state index contributed by atoms with van der Waals surface area (Å²) < 4.78 is 0. The Hall–Kier alpha value is -1.71. The quantitative estimate of drug-likeness (QED) is 0.658. The van der Waals surface area contributed by atoms with Gasteiger partial charge in [0.1, 0.15) is 0 Å². The van der Waals surface area contributed by atoms with E-state index in [1.165, 1.54) is 0 Å². The van der Waals surface area contributed by atoms with Crippen LogP contribution in [-0.4, -0.2) is 5.78 Å². The van der Waals surface area contributed by atoms with Crippen LogP contribution in [0.5, 0.6) is 0 Å². The van der Waals surface area contributed by atoms with E-state index >= 15 is 0 Å².